The zero-order valence-corrected chi connectivity index (χ0v) is 15.8. The molecule has 1 N–H and O–H groups in total. The molecule has 3 rings (SSSR count). The SMILES string of the molecule is CCNC(=NCC(C)c1ccccc1OC)N1CCC2(CCOC2)C1. The molecule has 2 saturated heterocycles. The average Bonchev–Trinajstić information content (AvgIpc) is 3.28. The summed E-state index contributed by atoms with van der Waals surface area (Å²) >= 11 is 0. The van der Waals surface area contributed by atoms with Crippen LogP contribution >= 0.6 is 0 Å². The summed E-state index contributed by atoms with van der Waals surface area (Å²) in [4.78, 5) is 7.35. The number of guanidine groups is 1. The number of hydrogen-bond donors (Lipinski definition) is 1. The number of ether oxygens (including phenoxy) is 2. The summed E-state index contributed by atoms with van der Waals surface area (Å²) < 4.78 is 11.1. The van der Waals surface area contributed by atoms with Gasteiger partial charge in [0.05, 0.1) is 13.7 Å². The maximum absolute atomic E-state index is 5.65. The number of aliphatic imine (C=N–C) groups is 1. The summed E-state index contributed by atoms with van der Waals surface area (Å²) in [6.45, 7) is 9.92. The van der Waals surface area contributed by atoms with Gasteiger partial charge in [-0.25, -0.2) is 0 Å². The molecular weight excluding hydrogens is 314 g/mol. The first-order valence-electron chi connectivity index (χ1n) is 9.41. The number of methoxy groups -OCH3 is 1. The molecule has 138 valence electrons. The van der Waals surface area contributed by atoms with Crippen LogP contribution in [0, 0.1) is 5.41 Å². The van der Waals surface area contributed by atoms with E-state index < -0.39 is 0 Å². The second kappa shape index (κ2) is 8.09. The standard InChI is InChI=1S/C20H31N3O2/c1-4-21-19(23-11-9-20(14-23)10-12-25-15-20)22-13-16(2)17-7-5-6-8-18(17)24-3/h5-8,16H,4,9-15H2,1-3H3,(H,21,22). The molecule has 2 aliphatic rings. The molecule has 1 spiro atoms. The predicted octanol–water partition coefficient (Wildman–Crippen LogP) is 2.88. The molecule has 25 heavy (non-hydrogen) atoms. The molecule has 2 unspecified atom stereocenters. The summed E-state index contributed by atoms with van der Waals surface area (Å²) in [5, 5.41) is 3.47. The van der Waals surface area contributed by atoms with Crippen LogP contribution in [0.3, 0.4) is 0 Å². The van der Waals surface area contributed by atoms with E-state index in [1.807, 2.05) is 12.1 Å². The number of benzene rings is 1. The molecule has 0 aromatic heterocycles. The van der Waals surface area contributed by atoms with Crippen LogP contribution in [0.15, 0.2) is 29.3 Å². The van der Waals surface area contributed by atoms with Crippen LogP contribution < -0.4 is 10.1 Å². The van der Waals surface area contributed by atoms with Gasteiger partial charge in [0, 0.05) is 44.1 Å². The fourth-order valence-corrected chi connectivity index (χ4v) is 3.91. The van der Waals surface area contributed by atoms with E-state index in [1.165, 1.54) is 18.4 Å². The number of nitrogens with zero attached hydrogens (tertiary/aromatic N) is 2. The lowest BCUT2D eigenvalue weighted by atomic mass is 9.87. The van der Waals surface area contributed by atoms with E-state index in [0.717, 1.165) is 51.1 Å². The fourth-order valence-electron chi connectivity index (χ4n) is 3.91. The number of para-hydroxylation sites is 1. The summed E-state index contributed by atoms with van der Waals surface area (Å²) in [5.74, 6) is 2.29. The van der Waals surface area contributed by atoms with E-state index in [0.29, 0.717) is 11.3 Å². The largest absolute Gasteiger partial charge is 0.496 e. The van der Waals surface area contributed by atoms with Crippen LogP contribution in [-0.4, -0.2) is 57.4 Å². The Morgan fingerprint density at radius 1 is 1.40 bits per heavy atom. The Morgan fingerprint density at radius 2 is 2.24 bits per heavy atom. The Morgan fingerprint density at radius 3 is 2.96 bits per heavy atom. The third-order valence-electron chi connectivity index (χ3n) is 5.44. The minimum absolute atomic E-state index is 0.316. The highest BCUT2D eigenvalue weighted by Crippen LogP contribution is 2.38. The highest BCUT2D eigenvalue weighted by atomic mass is 16.5. The normalized spacial score (nSPS) is 24.8. The van der Waals surface area contributed by atoms with E-state index in [2.05, 4.69) is 36.2 Å². The van der Waals surface area contributed by atoms with E-state index >= 15 is 0 Å². The maximum atomic E-state index is 5.65. The lowest BCUT2D eigenvalue weighted by Gasteiger charge is -2.25. The predicted molar refractivity (Wildman–Crippen MR) is 101 cm³/mol. The molecule has 2 aliphatic heterocycles. The smallest absolute Gasteiger partial charge is 0.193 e. The van der Waals surface area contributed by atoms with E-state index in [9.17, 15) is 0 Å². The molecule has 0 saturated carbocycles. The first-order chi connectivity index (χ1) is 12.2. The molecule has 0 bridgehead atoms. The van der Waals surface area contributed by atoms with Gasteiger partial charge in [0.1, 0.15) is 5.75 Å². The van der Waals surface area contributed by atoms with Gasteiger partial charge < -0.3 is 19.7 Å². The Bertz CT molecular complexity index is 596. The van der Waals surface area contributed by atoms with Crippen LogP contribution in [0.2, 0.25) is 0 Å². The molecule has 1 aromatic rings. The van der Waals surface area contributed by atoms with Gasteiger partial charge in [-0.2, -0.15) is 0 Å². The van der Waals surface area contributed by atoms with Crippen molar-refractivity contribution in [1.29, 1.82) is 0 Å². The topological polar surface area (TPSA) is 46.1 Å². The second-order valence-corrected chi connectivity index (χ2v) is 7.31. The molecular formula is C20H31N3O2. The van der Waals surface area contributed by atoms with Crippen molar-refractivity contribution < 1.29 is 9.47 Å². The molecule has 0 radical (unpaired) electrons. The first-order valence-corrected chi connectivity index (χ1v) is 9.41. The summed E-state index contributed by atoms with van der Waals surface area (Å²) in [5.41, 5.74) is 1.57. The second-order valence-electron chi connectivity index (χ2n) is 7.31. The van der Waals surface area contributed by atoms with E-state index in [-0.39, 0.29) is 0 Å². The molecule has 0 amide bonds. The van der Waals surface area contributed by atoms with Crippen molar-refractivity contribution in [1.82, 2.24) is 10.2 Å². The third-order valence-corrected chi connectivity index (χ3v) is 5.44. The minimum Gasteiger partial charge on any atom is -0.496 e. The van der Waals surface area contributed by atoms with Crippen molar-refractivity contribution in [2.75, 3.05) is 46.5 Å². The van der Waals surface area contributed by atoms with Crippen LogP contribution in [0.4, 0.5) is 0 Å². The number of rotatable bonds is 5. The van der Waals surface area contributed by atoms with Gasteiger partial charge in [-0.05, 0) is 31.4 Å². The monoisotopic (exact) mass is 345 g/mol. The summed E-state index contributed by atoms with van der Waals surface area (Å²) in [6, 6.07) is 8.22. The fraction of sp³-hybridized carbons (Fsp3) is 0.650. The van der Waals surface area contributed by atoms with Crippen LogP contribution in [0.25, 0.3) is 0 Å². The van der Waals surface area contributed by atoms with Gasteiger partial charge in [-0.3, -0.25) is 4.99 Å². The number of hydrogen-bond acceptors (Lipinski definition) is 3. The summed E-state index contributed by atoms with van der Waals surface area (Å²) in [6.07, 6.45) is 2.39. The lowest BCUT2D eigenvalue weighted by molar-refractivity contribution is 0.156. The van der Waals surface area contributed by atoms with Crippen molar-refractivity contribution in [3.63, 3.8) is 0 Å². The quantitative estimate of drug-likeness (QED) is 0.658. The van der Waals surface area contributed by atoms with Gasteiger partial charge >= 0.3 is 0 Å². The highest BCUT2D eigenvalue weighted by molar-refractivity contribution is 5.80. The number of likely N-dealkylation sites (tertiary alicyclic amines) is 1. The van der Waals surface area contributed by atoms with Crippen molar-refractivity contribution in [3.8, 4) is 5.75 Å². The summed E-state index contributed by atoms with van der Waals surface area (Å²) in [7, 11) is 1.73. The zero-order valence-electron chi connectivity index (χ0n) is 15.8. The highest BCUT2D eigenvalue weighted by Gasteiger charge is 2.42. The Balaban J connectivity index is 1.68. The van der Waals surface area contributed by atoms with Crippen molar-refractivity contribution in [2.24, 2.45) is 10.4 Å². The Kier molecular flexibility index (Phi) is 5.84. The van der Waals surface area contributed by atoms with Gasteiger partial charge in [0.25, 0.3) is 0 Å². The van der Waals surface area contributed by atoms with Crippen LogP contribution in [0.1, 0.15) is 38.2 Å². The van der Waals surface area contributed by atoms with Gasteiger partial charge in [0.15, 0.2) is 5.96 Å². The van der Waals surface area contributed by atoms with Gasteiger partial charge in [0.2, 0.25) is 0 Å². The molecule has 0 aliphatic carbocycles. The molecule has 2 heterocycles. The lowest BCUT2D eigenvalue weighted by Crippen LogP contribution is -2.41. The average molecular weight is 345 g/mol. The minimum atomic E-state index is 0.316. The van der Waals surface area contributed by atoms with Gasteiger partial charge in [-0.1, -0.05) is 25.1 Å². The van der Waals surface area contributed by atoms with E-state index in [1.54, 1.807) is 7.11 Å². The van der Waals surface area contributed by atoms with Crippen molar-refractivity contribution in [3.05, 3.63) is 29.8 Å². The molecule has 2 atom stereocenters. The molecule has 2 fully saturated rings. The molecule has 5 heteroatoms. The third kappa shape index (κ3) is 4.09. The van der Waals surface area contributed by atoms with Gasteiger partial charge in [-0.15, -0.1) is 0 Å². The molecule has 1 aromatic carbocycles. The zero-order chi connectivity index (χ0) is 17.7. The Labute approximate surface area is 151 Å². The van der Waals surface area contributed by atoms with Crippen molar-refractivity contribution >= 4 is 5.96 Å². The molecule has 5 nitrogen and oxygen atoms in total. The van der Waals surface area contributed by atoms with Crippen LogP contribution in [0.5, 0.6) is 5.75 Å². The maximum Gasteiger partial charge on any atom is 0.193 e. The van der Waals surface area contributed by atoms with Crippen molar-refractivity contribution in [2.45, 2.75) is 32.6 Å². The van der Waals surface area contributed by atoms with E-state index in [4.69, 9.17) is 14.5 Å². The first kappa shape index (κ1) is 18.1. The Hall–Kier alpha value is -1.75. The number of nitrogens with one attached hydrogen (secondary N) is 1. The van der Waals surface area contributed by atoms with Crippen LogP contribution in [-0.2, 0) is 4.74 Å².